The highest BCUT2D eigenvalue weighted by Gasteiger charge is 2.13. The molecule has 1 aromatic carbocycles. The second-order valence-electron chi connectivity index (χ2n) is 2.10. The molecule has 1 rings (SSSR count). The second kappa shape index (κ2) is 3.32. The first-order valence-electron chi connectivity index (χ1n) is 3.07. The first-order valence-corrected chi connectivity index (χ1v) is 3.45. The first-order chi connectivity index (χ1) is 5.61. The molecular formula is C7H5ClNO3+. The van der Waals surface area contributed by atoms with Crippen molar-refractivity contribution in [1.82, 2.24) is 0 Å². The van der Waals surface area contributed by atoms with Gasteiger partial charge in [-0.2, -0.15) is 0 Å². The van der Waals surface area contributed by atoms with Crippen LogP contribution in [0.1, 0.15) is 10.4 Å². The fraction of sp³-hybridized carbons (Fsp3) is 0. The predicted molar refractivity (Wildman–Crippen MR) is 41.7 cm³/mol. The van der Waals surface area contributed by atoms with E-state index in [1.165, 1.54) is 24.3 Å². The van der Waals surface area contributed by atoms with Crippen molar-refractivity contribution in [2.75, 3.05) is 0 Å². The van der Waals surface area contributed by atoms with Gasteiger partial charge in [0.1, 0.15) is 0 Å². The summed E-state index contributed by atoms with van der Waals surface area (Å²) in [7, 11) is 0. The molecule has 4 nitrogen and oxygen atoms in total. The Kier molecular flexibility index (Phi) is 2.40. The van der Waals surface area contributed by atoms with E-state index in [0.29, 0.717) is 0 Å². The molecular weight excluding hydrogens is 182 g/mol. The summed E-state index contributed by atoms with van der Waals surface area (Å²) >= 11 is 5.14. The van der Waals surface area contributed by atoms with Gasteiger partial charge in [0.2, 0.25) is 0 Å². The molecule has 0 fully saturated rings. The zero-order valence-corrected chi connectivity index (χ0v) is 6.65. The van der Waals surface area contributed by atoms with Gasteiger partial charge in [0.05, 0.1) is 4.91 Å². The van der Waals surface area contributed by atoms with Gasteiger partial charge in [-0.05, 0) is 17.7 Å². The Morgan fingerprint density at radius 3 is 2.67 bits per heavy atom. The smallest absolute Gasteiger partial charge is 0.276 e. The van der Waals surface area contributed by atoms with E-state index < -0.39 is 5.24 Å². The summed E-state index contributed by atoms with van der Waals surface area (Å²) in [6.07, 6.45) is 0. The maximum Gasteiger partial charge on any atom is 0.317 e. The van der Waals surface area contributed by atoms with Gasteiger partial charge >= 0.3 is 5.69 Å². The Balaban J connectivity index is 3.12. The normalized spacial score (nSPS) is 9.42. The topological polar surface area (TPSA) is 57.4 Å². The number of hydrogen-bond donors (Lipinski definition) is 1. The van der Waals surface area contributed by atoms with Crippen molar-refractivity contribution < 1.29 is 14.9 Å². The predicted octanol–water partition coefficient (Wildman–Crippen LogP) is 1.87. The fourth-order valence-electron chi connectivity index (χ4n) is 0.747. The summed E-state index contributed by atoms with van der Waals surface area (Å²) in [5, 5.41) is 7.79. The highest BCUT2D eigenvalue weighted by Crippen LogP contribution is 2.13. The summed E-state index contributed by atoms with van der Waals surface area (Å²) in [6, 6.07) is 5.45. The molecule has 0 aliphatic rings. The second-order valence-corrected chi connectivity index (χ2v) is 2.44. The molecule has 62 valence electrons. The van der Waals surface area contributed by atoms with E-state index in [4.69, 9.17) is 16.8 Å². The van der Waals surface area contributed by atoms with Gasteiger partial charge < -0.3 is 0 Å². The van der Waals surface area contributed by atoms with Gasteiger partial charge in [-0.25, -0.2) is 5.21 Å². The third kappa shape index (κ3) is 1.79. The van der Waals surface area contributed by atoms with E-state index in [1.54, 1.807) is 0 Å². The minimum absolute atomic E-state index is 0.0264. The lowest BCUT2D eigenvalue weighted by atomic mass is 10.2. The molecule has 1 aromatic rings. The third-order valence-corrected chi connectivity index (χ3v) is 1.51. The summed E-state index contributed by atoms with van der Waals surface area (Å²) < 4.78 is 0. The molecule has 0 aliphatic carbocycles. The SMILES string of the molecule is O=C(Cl)c1cccc([N+](=O)O)c1. The highest BCUT2D eigenvalue weighted by molar-refractivity contribution is 6.67. The van der Waals surface area contributed by atoms with Gasteiger partial charge in [0, 0.05) is 17.7 Å². The van der Waals surface area contributed by atoms with Gasteiger partial charge in [-0.1, -0.05) is 6.07 Å². The minimum Gasteiger partial charge on any atom is -0.276 e. The first kappa shape index (κ1) is 8.67. The van der Waals surface area contributed by atoms with E-state index >= 15 is 0 Å². The molecule has 0 aromatic heterocycles. The van der Waals surface area contributed by atoms with E-state index in [1.807, 2.05) is 0 Å². The van der Waals surface area contributed by atoms with Crippen LogP contribution in [0, 0.1) is 4.91 Å². The van der Waals surface area contributed by atoms with Crippen LogP contribution in [0.4, 0.5) is 5.69 Å². The van der Waals surface area contributed by atoms with Crippen molar-refractivity contribution >= 4 is 22.5 Å². The van der Waals surface area contributed by atoms with Crippen molar-refractivity contribution in [1.29, 1.82) is 0 Å². The average Bonchev–Trinajstić information content (AvgIpc) is 2.04. The van der Waals surface area contributed by atoms with Crippen LogP contribution in [0.5, 0.6) is 0 Å². The highest BCUT2D eigenvalue weighted by atomic mass is 35.5. The molecule has 0 bridgehead atoms. The number of carbonyl (C=O) groups is 1. The Bertz CT molecular complexity index is 308. The molecule has 0 aliphatic heterocycles. The Labute approximate surface area is 72.9 Å². The zero-order chi connectivity index (χ0) is 9.14. The van der Waals surface area contributed by atoms with Crippen molar-refractivity contribution in [2.24, 2.45) is 0 Å². The molecule has 0 heterocycles. The molecule has 12 heavy (non-hydrogen) atoms. The summed E-state index contributed by atoms with van der Waals surface area (Å²) in [5.41, 5.74) is 0.144. The van der Waals surface area contributed by atoms with Gasteiger partial charge in [-0.15, -0.1) is 0 Å². The van der Waals surface area contributed by atoms with Crippen LogP contribution in [0.3, 0.4) is 0 Å². The van der Waals surface area contributed by atoms with E-state index in [0.717, 1.165) is 0 Å². The van der Waals surface area contributed by atoms with Crippen molar-refractivity contribution in [2.45, 2.75) is 0 Å². The average molecular weight is 187 g/mol. The Morgan fingerprint density at radius 2 is 2.17 bits per heavy atom. The maximum absolute atomic E-state index is 10.6. The van der Waals surface area contributed by atoms with Crippen LogP contribution in [0.2, 0.25) is 0 Å². The molecule has 0 saturated heterocycles. The van der Waals surface area contributed by atoms with Crippen LogP contribution < -0.4 is 0 Å². The standard InChI is InChI=1S/C7H5ClNO3/c8-7(10)5-2-1-3-6(4-5)9(11)12/h1-4H,(H,11,12)/q+1. The minimum atomic E-state index is -0.668. The lowest BCUT2D eigenvalue weighted by molar-refractivity contribution is -0.729. The Morgan fingerprint density at radius 1 is 1.50 bits per heavy atom. The quantitative estimate of drug-likeness (QED) is 0.567. The van der Waals surface area contributed by atoms with E-state index in [2.05, 4.69) is 0 Å². The monoisotopic (exact) mass is 186 g/mol. The molecule has 0 radical (unpaired) electrons. The molecule has 1 N–H and O–H groups in total. The fourth-order valence-corrected chi connectivity index (χ4v) is 0.865. The number of rotatable bonds is 2. The van der Waals surface area contributed by atoms with Crippen molar-refractivity contribution in [3.8, 4) is 0 Å². The van der Waals surface area contributed by atoms with E-state index in [-0.39, 0.29) is 16.2 Å². The lowest BCUT2D eigenvalue weighted by Crippen LogP contribution is -1.94. The van der Waals surface area contributed by atoms with Gasteiger partial charge in [0.25, 0.3) is 10.2 Å². The summed E-state index contributed by atoms with van der Waals surface area (Å²) in [5.74, 6) is 0. The summed E-state index contributed by atoms with van der Waals surface area (Å²) in [6.45, 7) is 0. The van der Waals surface area contributed by atoms with Crippen molar-refractivity contribution in [3.05, 3.63) is 34.7 Å². The van der Waals surface area contributed by atoms with Crippen LogP contribution in [0.15, 0.2) is 24.3 Å². The number of nitrogens with zero attached hydrogens (tertiary/aromatic N) is 1. The molecule has 0 atom stereocenters. The third-order valence-electron chi connectivity index (χ3n) is 1.29. The van der Waals surface area contributed by atoms with Crippen LogP contribution in [-0.2, 0) is 0 Å². The van der Waals surface area contributed by atoms with E-state index in [9.17, 15) is 9.70 Å². The van der Waals surface area contributed by atoms with Crippen LogP contribution in [-0.4, -0.2) is 15.4 Å². The van der Waals surface area contributed by atoms with Crippen LogP contribution >= 0.6 is 11.6 Å². The molecule has 0 saturated carbocycles. The molecule has 0 amide bonds. The number of halogens is 1. The zero-order valence-electron chi connectivity index (χ0n) is 5.90. The molecule has 0 unspecified atom stereocenters. The molecule has 0 spiro atoms. The largest absolute Gasteiger partial charge is 0.317 e. The Hall–Kier alpha value is -1.42. The maximum atomic E-state index is 10.6. The number of carbonyl (C=O) groups excluding carboxylic acids is 1. The molecule has 5 heteroatoms. The summed E-state index contributed by atoms with van der Waals surface area (Å²) in [4.78, 5) is 20.6. The van der Waals surface area contributed by atoms with Crippen molar-refractivity contribution in [3.63, 3.8) is 0 Å². The number of hydrogen-bond acceptors (Lipinski definition) is 2. The number of benzene rings is 1. The van der Waals surface area contributed by atoms with Gasteiger partial charge in [-0.3, -0.25) is 4.79 Å². The van der Waals surface area contributed by atoms with Crippen LogP contribution in [0.25, 0.3) is 0 Å². The lowest BCUT2D eigenvalue weighted by Gasteiger charge is -1.89. The van der Waals surface area contributed by atoms with Gasteiger partial charge in [0.15, 0.2) is 0 Å².